The van der Waals surface area contributed by atoms with Crippen LogP contribution in [0.15, 0.2) is 30.5 Å². The Bertz CT molecular complexity index is 816. The van der Waals surface area contributed by atoms with Gasteiger partial charge in [0.1, 0.15) is 28.4 Å². The number of likely N-dealkylation sites (tertiary alicyclic amines) is 1. The number of anilines is 1. The molecule has 0 saturated carbocycles. The van der Waals surface area contributed by atoms with Gasteiger partial charge < -0.3 is 14.8 Å². The number of ether oxygens (including phenoxy) is 2. The van der Waals surface area contributed by atoms with Crippen molar-refractivity contribution in [2.75, 3.05) is 31.6 Å². The van der Waals surface area contributed by atoms with Gasteiger partial charge in [-0.25, -0.2) is 4.98 Å². The maximum absolute atomic E-state index is 8.87. The fourth-order valence-corrected chi connectivity index (χ4v) is 3.71. The van der Waals surface area contributed by atoms with E-state index in [1.54, 1.807) is 12.3 Å². The summed E-state index contributed by atoms with van der Waals surface area (Å²) in [6.45, 7) is 7.84. The van der Waals surface area contributed by atoms with Gasteiger partial charge >= 0.3 is 0 Å². The highest BCUT2D eigenvalue weighted by atomic mass is 35.5. The summed E-state index contributed by atoms with van der Waals surface area (Å²) in [5.41, 5.74) is 1.72. The monoisotopic (exact) mass is 414 g/mol. The topological polar surface area (TPSA) is 70.4 Å². The fourth-order valence-electron chi connectivity index (χ4n) is 3.49. The molecule has 154 valence electrons. The minimum Gasteiger partial charge on any atom is -0.492 e. The number of benzene rings is 1. The Morgan fingerprint density at radius 1 is 1.17 bits per heavy atom. The molecular formula is C22H27ClN4O2. The Labute approximate surface area is 177 Å². The van der Waals surface area contributed by atoms with Crippen LogP contribution in [-0.2, 0) is 6.54 Å². The number of piperidine rings is 1. The summed E-state index contributed by atoms with van der Waals surface area (Å²) in [6, 6.07) is 10.2. The van der Waals surface area contributed by atoms with Crippen molar-refractivity contribution in [2.24, 2.45) is 0 Å². The number of hydrogen-bond donors (Lipinski definition) is 1. The van der Waals surface area contributed by atoms with Crippen LogP contribution in [0.5, 0.6) is 11.5 Å². The molecule has 0 aliphatic carbocycles. The average Bonchev–Trinajstić information content (AvgIpc) is 2.74. The highest BCUT2D eigenvalue weighted by Gasteiger charge is 2.20. The van der Waals surface area contributed by atoms with Gasteiger partial charge in [-0.05, 0) is 56.5 Å². The highest BCUT2D eigenvalue weighted by molar-refractivity contribution is 6.33. The SMILES string of the molecule is CCOc1cc(CN2CCC(Nc3ccc(C#N)cn3)CC2)cc(OCC)c1Cl. The first-order valence-corrected chi connectivity index (χ1v) is 10.4. The summed E-state index contributed by atoms with van der Waals surface area (Å²) >= 11 is 6.40. The molecule has 0 spiro atoms. The van der Waals surface area contributed by atoms with Gasteiger partial charge in [0, 0.05) is 31.9 Å². The molecule has 1 aromatic carbocycles. The second kappa shape index (κ2) is 10.3. The van der Waals surface area contributed by atoms with Gasteiger partial charge in [-0.1, -0.05) is 11.6 Å². The molecule has 1 saturated heterocycles. The van der Waals surface area contributed by atoms with Gasteiger partial charge in [-0.2, -0.15) is 5.26 Å². The number of hydrogen-bond acceptors (Lipinski definition) is 6. The van der Waals surface area contributed by atoms with E-state index in [0.29, 0.717) is 41.3 Å². The van der Waals surface area contributed by atoms with Crippen molar-refractivity contribution in [3.63, 3.8) is 0 Å². The van der Waals surface area contributed by atoms with Gasteiger partial charge in [-0.3, -0.25) is 4.90 Å². The van der Waals surface area contributed by atoms with Gasteiger partial charge in [0.15, 0.2) is 0 Å². The van der Waals surface area contributed by atoms with Crippen molar-refractivity contribution < 1.29 is 9.47 Å². The Morgan fingerprint density at radius 2 is 1.83 bits per heavy atom. The van der Waals surface area contributed by atoms with Crippen molar-refractivity contribution in [1.29, 1.82) is 5.26 Å². The Kier molecular flexibility index (Phi) is 7.56. The van der Waals surface area contributed by atoms with E-state index < -0.39 is 0 Å². The molecule has 6 nitrogen and oxygen atoms in total. The molecule has 2 aromatic rings. The van der Waals surface area contributed by atoms with E-state index in [1.165, 1.54) is 0 Å². The zero-order valence-electron chi connectivity index (χ0n) is 16.9. The smallest absolute Gasteiger partial charge is 0.141 e. The third-order valence-corrected chi connectivity index (χ3v) is 5.28. The number of aromatic nitrogens is 1. The molecule has 0 amide bonds. The molecule has 2 heterocycles. The first-order valence-electron chi connectivity index (χ1n) is 10.1. The molecule has 0 bridgehead atoms. The molecule has 29 heavy (non-hydrogen) atoms. The van der Waals surface area contributed by atoms with E-state index in [9.17, 15) is 0 Å². The molecule has 1 fully saturated rings. The first-order chi connectivity index (χ1) is 14.1. The van der Waals surface area contributed by atoms with Crippen molar-refractivity contribution in [1.82, 2.24) is 9.88 Å². The number of halogens is 1. The summed E-state index contributed by atoms with van der Waals surface area (Å²) in [6.07, 6.45) is 3.67. The lowest BCUT2D eigenvalue weighted by molar-refractivity contribution is 0.210. The van der Waals surface area contributed by atoms with Crippen molar-refractivity contribution in [3.8, 4) is 17.6 Å². The minimum absolute atomic E-state index is 0.384. The first kappa shape index (κ1) is 21.2. The number of nitriles is 1. The summed E-state index contributed by atoms with van der Waals surface area (Å²) in [5, 5.41) is 12.9. The minimum atomic E-state index is 0.384. The molecule has 0 radical (unpaired) electrons. The lowest BCUT2D eigenvalue weighted by atomic mass is 10.0. The van der Waals surface area contributed by atoms with Gasteiger partial charge in [-0.15, -0.1) is 0 Å². The average molecular weight is 415 g/mol. The standard InChI is InChI=1S/C22H27ClN4O2/c1-3-28-19-11-17(12-20(22(19)23)29-4-2)15-27-9-7-18(8-10-27)26-21-6-5-16(13-24)14-25-21/h5-6,11-12,14,18H,3-4,7-10,15H2,1-2H3,(H,25,26). The van der Waals surface area contributed by atoms with E-state index in [4.69, 9.17) is 26.3 Å². The van der Waals surface area contributed by atoms with Crippen LogP contribution in [0.4, 0.5) is 5.82 Å². The van der Waals surface area contributed by atoms with Crippen LogP contribution in [0, 0.1) is 11.3 Å². The highest BCUT2D eigenvalue weighted by Crippen LogP contribution is 2.36. The molecule has 0 atom stereocenters. The lowest BCUT2D eigenvalue weighted by Crippen LogP contribution is -2.38. The summed E-state index contributed by atoms with van der Waals surface area (Å²) < 4.78 is 11.4. The van der Waals surface area contributed by atoms with E-state index >= 15 is 0 Å². The van der Waals surface area contributed by atoms with E-state index in [1.807, 2.05) is 32.0 Å². The quantitative estimate of drug-likeness (QED) is 0.686. The van der Waals surface area contributed by atoms with Crippen LogP contribution in [0.3, 0.4) is 0 Å². The predicted molar refractivity (Wildman–Crippen MR) is 115 cm³/mol. The van der Waals surface area contributed by atoms with Crippen LogP contribution in [0.25, 0.3) is 0 Å². The summed E-state index contributed by atoms with van der Waals surface area (Å²) in [5.74, 6) is 2.18. The maximum Gasteiger partial charge on any atom is 0.141 e. The Morgan fingerprint density at radius 3 is 2.34 bits per heavy atom. The van der Waals surface area contributed by atoms with Crippen molar-refractivity contribution in [2.45, 2.75) is 39.3 Å². The van der Waals surface area contributed by atoms with E-state index in [0.717, 1.165) is 43.9 Å². The van der Waals surface area contributed by atoms with Crippen LogP contribution in [0.1, 0.15) is 37.8 Å². The predicted octanol–water partition coefficient (Wildman–Crippen LogP) is 4.48. The van der Waals surface area contributed by atoms with Crippen molar-refractivity contribution in [3.05, 3.63) is 46.6 Å². The zero-order valence-corrected chi connectivity index (χ0v) is 17.7. The van der Waals surface area contributed by atoms with Crippen LogP contribution < -0.4 is 14.8 Å². The van der Waals surface area contributed by atoms with Gasteiger partial charge in [0.05, 0.1) is 18.8 Å². The number of pyridine rings is 1. The third-order valence-electron chi connectivity index (χ3n) is 4.90. The number of nitrogens with one attached hydrogen (secondary N) is 1. The molecule has 3 rings (SSSR count). The molecular weight excluding hydrogens is 388 g/mol. The molecule has 1 aromatic heterocycles. The second-order valence-corrected chi connectivity index (χ2v) is 7.39. The van der Waals surface area contributed by atoms with Gasteiger partial charge in [0.25, 0.3) is 0 Å². The van der Waals surface area contributed by atoms with Crippen LogP contribution in [-0.4, -0.2) is 42.2 Å². The summed E-state index contributed by atoms with van der Waals surface area (Å²) in [7, 11) is 0. The number of nitrogens with zero attached hydrogens (tertiary/aromatic N) is 3. The van der Waals surface area contributed by atoms with E-state index in [-0.39, 0.29) is 0 Å². The van der Waals surface area contributed by atoms with E-state index in [2.05, 4.69) is 21.3 Å². The zero-order chi connectivity index (χ0) is 20.6. The largest absolute Gasteiger partial charge is 0.492 e. The van der Waals surface area contributed by atoms with Crippen molar-refractivity contribution >= 4 is 17.4 Å². The fraction of sp³-hybridized carbons (Fsp3) is 0.455. The van der Waals surface area contributed by atoms with Gasteiger partial charge in [0.2, 0.25) is 0 Å². The van der Waals surface area contributed by atoms with Crippen LogP contribution in [0.2, 0.25) is 5.02 Å². The molecule has 1 aliphatic heterocycles. The maximum atomic E-state index is 8.87. The third kappa shape index (κ3) is 5.75. The number of rotatable bonds is 8. The lowest BCUT2D eigenvalue weighted by Gasteiger charge is -2.32. The molecule has 0 unspecified atom stereocenters. The second-order valence-electron chi connectivity index (χ2n) is 7.01. The molecule has 1 N–H and O–H groups in total. The molecule has 7 heteroatoms. The normalized spacial score (nSPS) is 15.0. The Hall–Kier alpha value is -2.49. The Balaban J connectivity index is 1.57. The summed E-state index contributed by atoms with van der Waals surface area (Å²) in [4.78, 5) is 6.74. The molecule has 1 aliphatic rings. The van der Waals surface area contributed by atoms with Crippen LogP contribution >= 0.6 is 11.6 Å².